The smallest absolute Gasteiger partial charge is 0.234 e. The van der Waals surface area contributed by atoms with Gasteiger partial charge in [0.05, 0.1) is 6.54 Å². The Morgan fingerprint density at radius 2 is 1.94 bits per heavy atom. The monoisotopic (exact) mass is 239 g/mol. The maximum absolute atomic E-state index is 11.5. The first-order chi connectivity index (χ1) is 8.13. The van der Waals surface area contributed by atoms with Gasteiger partial charge in [-0.25, -0.2) is 0 Å². The van der Waals surface area contributed by atoms with Crippen molar-refractivity contribution < 1.29 is 9.59 Å². The Morgan fingerprint density at radius 3 is 2.47 bits per heavy atom. The van der Waals surface area contributed by atoms with E-state index in [1.165, 1.54) is 0 Å². The van der Waals surface area contributed by atoms with E-state index in [-0.39, 0.29) is 23.8 Å². The molecule has 0 spiro atoms. The lowest BCUT2D eigenvalue weighted by Crippen LogP contribution is -2.43. The fraction of sp³-hybridized carbons (Fsp3) is 0.667. The highest BCUT2D eigenvalue weighted by Gasteiger charge is 2.25. The maximum Gasteiger partial charge on any atom is 0.234 e. The summed E-state index contributed by atoms with van der Waals surface area (Å²) in [6, 6.07) is 0.184. The molecule has 1 aliphatic carbocycles. The molecule has 0 aromatic rings. The van der Waals surface area contributed by atoms with Crippen molar-refractivity contribution in [1.82, 2.24) is 10.6 Å². The van der Waals surface area contributed by atoms with Gasteiger partial charge < -0.3 is 16.4 Å². The number of amides is 2. The molecule has 0 unspecified atom stereocenters. The Kier molecular flexibility index (Phi) is 5.69. The van der Waals surface area contributed by atoms with Crippen molar-refractivity contribution in [3.63, 3.8) is 0 Å². The molecule has 0 aromatic heterocycles. The summed E-state index contributed by atoms with van der Waals surface area (Å²) >= 11 is 0. The van der Waals surface area contributed by atoms with Gasteiger partial charge in [-0.2, -0.15) is 0 Å². The summed E-state index contributed by atoms with van der Waals surface area (Å²) in [7, 11) is 0. The molecule has 96 valence electrons. The number of primary amides is 1. The first kappa shape index (κ1) is 13.7. The number of rotatable bonds is 6. The zero-order chi connectivity index (χ0) is 12.7. The second-order valence-corrected chi connectivity index (χ2v) is 4.44. The molecule has 0 atom stereocenters. The number of nitrogens with two attached hydrogens (primary N) is 1. The first-order valence-electron chi connectivity index (χ1n) is 6.03. The van der Waals surface area contributed by atoms with E-state index in [0.717, 1.165) is 25.7 Å². The van der Waals surface area contributed by atoms with Gasteiger partial charge in [0.15, 0.2) is 0 Å². The number of carbonyl (C=O) groups is 2. The van der Waals surface area contributed by atoms with Gasteiger partial charge >= 0.3 is 0 Å². The van der Waals surface area contributed by atoms with Gasteiger partial charge in [-0.15, -0.1) is 6.58 Å². The summed E-state index contributed by atoms with van der Waals surface area (Å²) in [6.07, 6.45) is 4.94. The molecule has 17 heavy (non-hydrogen) atoms. The fourth-order valence-electron chi connectivity index (χ4n) is 2.09. The van der Waals surface area contributed by atoms with Crippen LogP contribution in [0, 0.1) is 5.92 Å². The molecule has 1 aliphatic rings. The topological polar surface area (TPSA) is 84.2 Å². The van der Waals surface area contributed by atoms with Gasteiger partial charge in [0.2, 0.25) is 11.8 Å². The molecule has 0 saturated heterocycles. The van der Waals surface area contributed by atoms with Crippen molar-refractivity contribution in [3.8, 4) is 0 Å². The third-order valence-corrected chi connectivity index (χ3v) is 3.07. The Morgan fingerprint density at radius 1 is 1.29 bits per heavy atom. The van der Waals surface area contributed by atoms with Crippen molar-refractivity contribution in [2.75, 3.05) is 13.1 Å². The van der Waals surface area contributed by atoms with Crippen molar-refractivity contribution in [1.29, 1.82) is 0 Å². The van der Waals surface area contributed by atoms with E-state index in [1.807, 2.05) is 0 Å². The summed E-state index contributed by atoms with van der Waals surface area (Å²) < 4.78 is 0. The number of carbonyl (C=O) groups excluding carboxylic acids is 2. The lowest BCUT2D eigenvalue weighted by molar-refractivity contribution is -0.123. The summed E-state index contributed by atoms with van der Waals surface area (Å²) in [4.78, 5) is 22.5. The molecular weight excluding hydrogens is 218 g/mol. The predicted octanol–water partition coefficient (Wildman–Crippen LogP) is -0.0777. The highest BCUT2D eigenvalue weighted by molar-refractivity contribution is 5.78. The van der Waals surface area contributed by atoms with Crippen molar-refractivity contribution >= 4 is 11.8 Å². The number of hydrogen-bond donors (Lipinski definition) is 3. The molecule has 1 rings (SSSR count). The summed E-state index contributed by atoms with van der Waals surface area (Å²) in [5.74, 6) is -0.237. The summed E-state index contributed by atoms with van der Waals surface area (Å²) in [5, 5.41) is 5.90. The molecule has 5 nitrogen and oxygen atoms in total. The van der Waals surface area contributed by atoms with E-state index >= 15 is 0 Å². The lowest BCUT2D eigenvalue weighted by Gasteiger charge is -2.27. The van der Waals surface area contributed by atoms with E-state index in [2.05, 4.69) is 17.2 Å². The quantitative estimate of drug-likeness (QED) is 0.448. The van der Waals surface area contributed by atoms with Crippen LogP contribution in [0.3, 0.4) is 0 Å². The molecule has 0 bridgehead atoms. The molecule has 0 aromatic carbocycles. The molecule has 5 heteroatoms. The van der Waals surface area contributed by atoms with Gasteiger partial charge in [0.1, 0.15) is 0 Å². The van der Waals surface area contributed by atoms with Gasteiger partial charge in [0, 0.05) is 18.5 Å². The van der Waals surface area contributed by atoms with E-state index in [4.69, 9.17) is 5.73 Å². The number of hydrogen-bond acceptors (Lipinski definition) is 3. The van der Waals surface area contributed by atoms with Gasteiger partial charge in [-0.05, 0) is 25.7 Å². The minimum absolute atomic E-state index is 0.00521. The van der Waals surface area contributed by atoms with Crippen LogP contribution in [0.5, 0.6) is 0 Å². The second kappa shape index (κ2) is 7.06. The standard InChI is InChI=1S/C12H21N3O2/c1-2-7-14-8-11(16)15-10-5-3-9(4-6-10)12(13)17/h2,9-10,14H,1,3-8H2,(H2,13,17)(H,15,16). The average Bonchev–Trinajstić information content (AvgIpc) is 2.30. The van der Waals surface area contributed by atoms with Gasteiger partial charge in [-0.1, -0.05) is 6.08 Å². The predicted molar refractivity (Wildman–Crippen MR) is 66.1 cm³/mol. The normalized spacial score (nSPS) is 24.0. The Hall–Kier alpha value is -1.36. The van der Waals surface area contributed by atoms with Crippen LogP contribution in [0.2, 0.25) is 0 Å². The van der Waals surface area contributed by atoms with Gasteiger partial charge in [0.25, 0.3) is 0 Å². The minimum Gasteiger partial charge on any atom is -0.369 e. The van der Waals surface area contributed by atoms with E-state index in [1.54, 1.807) is 6.08 Å². The molecule has 1 saturated carbocycles. The van der Waals surface area contributed by atoms with Crippen LogP contribution >= 0.6 is 0 Å². The van der Waals surface area contributed by atoms with Crippen molar-refractivity contribution in [3.05, 3.63) is 12.7 Å². The van der Waals surface area contributed by atoms with E-state index < -0.39 is 0 Å². The maximum atomic E-state index is 11.5. The number of nitrogens with one attached hydrogen (secondary N) is 2. The molecular formula is C12H21N3O2. The van der Waals surface area contributed by atoms with Crippen LogP contribution < -0.4 is 16.4 Å². The highest BCUT2D eigenvalue weighted by atomic mass is 16.2. The zero-order valence-corrected chi connectivity index (χ0v) is 10.1. The van der Waals surface area contributed by atoms with Crippen molar-refractivity contribution in [2.24, 2.45) is 11.7 Å². The van der Waals surface area contributed by atoms with E-state index in [0.29, 0.717) is 13.1 Å². The first-order valence-corrected chi connectivity index (χ1v) is 6.03. The third kappa shape index (κ3) is 4.99. The second-order valence-electron chi connectivity index (χ2n) is 4.44. The molecule has 1 fully saturated rings. The van der Waals surface area contributed by atoms with Crippen LogP contribution in [-0.4, -0.2) is 30.9 Å². The van der Waals surface area contributed by atoms with Gasteiger partial charge in [-0.3, -0.25) is 9.59 Å². The molecule has 0 aliphatic heterocycles. The zero-order valence-electron chi connectivity index (χ0n) is 10.1. The molecule has 0 radical (unpaired) electrons. The third-order valence-electron chi connectivity index (χ3n) is 3.07. The average molecular weight is 239 g/mol. The minimum atomic E-state index is -0.220. The molecule has 0 heterocycles. The summed E-state index contributed by atoms with van der Waals surface area (Å²) in [6.45, 7) is 4.49. The van der Waals surface area contributed by atoms with Crippen LogP contribution in [0.15, 0.2) is 12.7 Å². The molecule has 4 N–H and O–H groups in total. The van der Waals surface area contributed by atoms with Crippen LogP contribution in [-0.2, 0) is 9.59 Å². The summed E-state index contributed by atoms with van der Waals surface area (Å²) in [5.41, 5.74) is 5.25. The lowest BCUT2D eigenvalue weighted by atomic mass is 9.85. The Balaban J connectivity index is 2.19. The highest BCUT2D eigenvalue weighted by Crippen LogP contribution is 2.23. The van der Waals surface area contributed by atoms with Crippen LogP contribution in [0.4, 0.5) is 0 Å². The largest absolute Gasteiger partial charge is 0.369 e. The Labute approximate surface area is 102 Å². The van der Waals surface area contributed by atoms with Crippen LogP contribution in [0.25, 0.3) is 0 Å². The van der Waals surface area contributed by atoms with E-state index in [9.17, 15) is 9.59 Å². The fourth-order valence-corrected chi connectivity index (χ4v) is 2.09. The SMILES string of the molecule is C=CCNCC(=O)NC1CCC(C(N)=O)CC1. The van der Waals surface area contributed by atoms with Crippen LogP contribution in [0.1, 0.15) is 25.7 Å². The molecule has 2 amide bonds. The van der Waals surface area contributed by atoms with Crippen molar-refractivity contribution in [2.45, 2.75) is 31.7 Å². The Bertz CT molecular complexity index is 283.